The second-order valence-electron chi connectivity index (χ2n) is 4.91. The number of rotatable bonds is 6. The predicted molar refractivity (Wildman–Crippen MR) is 73.1 cm³/mol. The van der Waals surface area contributed by atoms with Gasteiger partial charge in [0.15, 0.2) is 0 Å². The minimum absolute atomic E-state index is 0.373. The maximum absolute atomic E-state index is 5.93. The molecule has 1 aromatic rings. The van der Waals surface area contributed by atoms with Gasteiger partial charge in [0.2, 0.25) is 0 Å². The molecule has 1 saturated carbocycles. The lowest BCUT2D eigenvalue weighted by molar-refractivity contribution is 0.224. The molecule has 2 rings (SSSR count). The monoisotopic (exact) mass is 232 g/mol. The van der Waals surface area contributed by atoms with Crippen molar-refractivity contribution >= 4 is 0 Å². The molecule has 0 radical (unpaired) electrons. The first kappa shape index (κ1) is 12.6. The van der Waals surface area contributed by atoms with E-state index in [2.05, 4.69) is 43.0 Å². The Bertz CT molecular complexity index is 336. The minimum Gasteiger partial charge on any atom is -0.329 e. The van der Waals surface area contributed by atoms with Crippen molar-refractivity contribution in [1.82, 2.24) is 4.90 Å². The number of nitrogens with zero attached hydrogens (tertiary/aromatic N) is 1. The fraction of sp³-hybridized carbons (Fsp3) is 0.600. The molecule has 2 heteroatoms. The molecule has 2 nitrogen and oxygen atoms in total. The van der Waals surface area contributed by atoms with Crippen LogP contribution in [0, 0.1) is 0 Å². The molecule has 1 aliphatic rings. The van der Waals surface area contributed by atoms with Crippen molar-refractivity contribution in [2.75, 3.05) is 19.6 Å². The van der Waals surface area contributed by atoms with Gasteiger partial charge < -0.3 is 5.73 Å². The second kappa shape index (κ2) is 5.65. The Morgan fingerprint density at radius 2 is 1.76 bits per heavy atom. The van der Waals surface area contributed by atoms with Crippen LogP contribution in [0.4, 0.5) is 0 Å². The van der Waals surface area contributed by atoms with E-state index in [0.29, 0.717) is 12.6 Å². The van der Waals surface area contributed by atoms with Crippen molar-refractivity contribution in [1.29, 1.82) is 0 Å². The fourth-order valence-electron chi connectivity index (χ4n) is 2.57. The van der Waals surface area contributed by atoms with E-state index in [4.69, 9.17) is 5.73 Å². The first-order valence-corrected chi connectivity index (χ1v) is 6.84. The Kier molecular flexibility index (Phi) is 4.19. The fourth-order valence-corrected chi connectivity index (χ4v) is 2.57. The lowest BCUT2D eigenvalue weighted by Crippen LogP contribution is -2.33. The van der Waals surface area contributed by atoms with Crippen LogP contribution in [0.25, 0.3) is 0 Å². The van der Waals surface area contributed by atoms with Gasteiger partial charge in [0, 0.05) is 12.6 Å². The molecule has 2 N–H and O–H groups in total. The van der Waals surface area contributed by atoms with E-state index in [1.54, 1.807) is 0 Å². The molecule has 0 amide bonds. The highest BCUT2D eigenvalue weighted by molar-refractivity contribution is 5.29. The van der Waals surface area contributed by atoms with Crippen molar-refractivity contribution in [3.05, 3.63) is 35.4 Å². The van der Waals surface area contributed by atoms with Gasteiger partial charge in [-0.1, -0.05) is 38.1 Å². The first-order chi connectivity index (χ1) is 8.30. The lowest BCUT2D eigenvalue weighted by Gasteiger charge is -2.29. The van der Waals surface area contributed by atoms with Gasteiger partial charge in [-0.25, -0.2) is 0 Å². The van der Waals surface area contributed by atoms with Crippen LogP contribution in [-0.4, -0.2) is 24.5 Å². The Morgan fingerprint density at radius 3 is 2.18 bits per heavy atom. The first-order valence-electron chi connectivity index (χ1n) is 6.84. The summed E-state index contributed by atoms with van der Waals surface area (Å²) in [6.07, 6.45) is 2.74. The van der Waals surface area contributed by atoms with Gasteiger partial charge in [-0.3, -0.25) is 4.90 Å². The molecule has 1 aliphatic carbocycles. The van der Waals surface area contributed by atoms with Gasteiger partial charge in [-0.2, -0.15) is 0 Å². The molecule has 1 aromatic carbocycles. The van der Waals surface area contributed by atoms with Crippen molar-refractivity contribution in [3.8, 4) is 0 Å². The summed E-state index contributed by atoms with van der Waals surface area (Å²) in [5, 5.41) is 0. The van der Waals surface area contributed by atoms with E-state index < -0.39 is 0 Å². The van der Waals surface area contributed by atoms with E-state index in [-0.39, 0.29) is 0 Å². The molecule has 17 heavy (non-hydrogen) atoms. The van der Waals surface area contributed by atoms with Crippen molar-refractivity contribution in [2.24, 2.45) is 5.73 Å². The highest BCUT2D eigenvalue weighted by Gasteiger charge is 2.23. The summed E-state index contributed by atoms with van der Waals surface area (Å²) < 4.78 is 0. The quantitative estimate of drug-likeness (QED) is 0.817. The van der Waals surface area contributed by atoms with Gasteiger partial charge in [-0.15, -0.1) is 0 Å². The maximum Gasteiger partial charge on any atom is 0.0470 e. The molecular formula is C15H24N2. The maximum atomic E-state index is 5.93. The molecule has 0 saturated heterocycles. The molecular weight excluding hydrogens is 208 g/mol. The van der Waals surface area contributed by atoms with Gasteiger partial charge in [0.1, 0.15) is 0 Å². The average Bonchev–Trinajstić information content (AvgIpc) is 3.20. The van der Waals surface area contributed by atoms with Crippen LogP contribution in [0.1, 0.15) is 49.8 Å². The van der Waals surface area contributed by atoms with Crippen molar-refractivity contribution in [3.63, 3.8) is 0 Å². The third-order valence-corrected chi connectivity index (χ3v) is 3.85. The summed E-state index contributed by atoms with van der Waals surface area (Å²) in [5.74, 6) is 0.842. The standard InChI is InChI=1S/C15H24N2/c1-3-17(4-2)15(11-16)14-9-7-13(8-10-14)12-5-6-12/h7-10,12,15H,3-6,11,16H2,1-2H3. The van der Waals surface area contributed by atoms with E-state index in [9.17, 15) is 0 Å². The molecule has 1 atom stereocenters. The van der Waals surface area contributed by atoms with E-state index in [1.165, 1.54) is 24.0 Å². The highest BCUT2D eigenvalue weighted by atomic mass is 15.2. The third kappa shape index (κ3) is 2.88. The largest absolute Gasteiger partial charge is 0.329 e. The minimum atomic E-state index is 0.373. The van der Waals surface area contributed by atoms with E-state index in [1.807, 2.05) is 0 Å². The number of nitrogens with two attached hydrogens (primary N) is 1. The Labute approximate surface area is 105 Å². The Hall–Kier alpha value is -0.860. The van der Waals surface area contributed by atoms with Crippen LogP contribution < -0.4 is 5.73 Å². The van der Waals surface area contributed by atoms with Crippen LogP contribution in [0.5, 0.6) is 0 Å². The summed E-state index contributed by atoms with van der Waals surface area (Å²) in [5.41, 5.74) is 8.79. The van der Waals surface area contributed by atoms with Gasteiger partial charge in [0.25, 0.3) is 0 Å². The second-order valence-corrected chi connectivity index (χ2v) is 4.91. The number of hydrogen-bond acceptors (Lipinski definition) is 2. The zero-order chi connectivity index (χ0) is 12.3. The molecule has 0 bridgehead atoms. The van der Waals surface area contributed by atoms with Crippen molar-refractivity contribution in [2.45, 2.75) is 38.6 Å². The molecule has 0 heterocycles. The predicted octanol–water partition coefficient (Wildman–Crippen LogP) is 2.91. The van der Waals surface area contributed by atoms with Crippen LogP contribution in [0.3, 0.4) is 0 Å². The molecule has 94 valence electrons. The zero-order valence-electron chi connectivity index (χ0n) is 11.0. The Balaban J connectivity index is 2.12. The molecule has 1 unspecified atom stereocenters. The Morgan fingerprint density at radius 1 is 1.18 bits per heavy atom. The zero-order valence-corrected chi connectivity index (χ0v) is 11.0. The molecule has 0 aromatic heterocycles. The topological polar surface area (TPSA) is 29.3 Å². The summed E-state index contributed by atoms with van der Waals surface area (Å²) in [6.45, 7) is 7.21. The van der Waals surface area contributed by atoms with Crippen LogP contribution >= 0.6 is 0 Å². The SMILES string of the molecule is CCN(CC)C(CN)c1ccc(C2CC2)cc1. The summed E-state index contributed by atoms with van der Waals surface area (Å²) in [4.78, 5) is 2.42. The van der Waals surface area contributed by atoms with Crippen LogP contribution in [0.15, 0.2) is 24.3 Å². The van der Waals surface area contributed by atoms with Gasteiger partial charge in [0.05, 0.1) is 0 Å². The number of benzene rings is 1. The van der Waals surface area contributed by atoms with E-state index in [0.717, 1.165) is 19.0 Å². The summed E-state index contributed by atoms with van der Waals surface area (Å²) in [6, 6.07) is 9.49. The van der Waals surface area contributed by atoms with Gasteiger partial charge in [-0.05, 0) is 43.0 Å². The number of likely N-dealkylation sites (N-methyl/N-ethyl adjacent to an activating group) is 1. The van der Waals surface area contributed by atoms with Crippen LogP contribution in [0.2, 0.25) is 0 Å². The van der Waals surface area contributed by atoms with Gasteiger partial charge >= 0.3 is 0 Å². The normalized spacial score (nSPS) is 17.4. The smallest absolute Gasteiger partial charge is 0.0470 e. The van der Waals surface area contributed by atoms with Crippen LogP contribution in [-0.2, 0) is 0 Å². The molecule has 0 aliphatic heterocycles. The molecule has 0 spiro atoms. The lowest BCUT2D eigenvalue weighted by atomic mass is 10.0. The number of hydrogen-bond donors (Lipinski definition) is 1. The summed E-state index contributed by atoms with van der Waals surface area (Å²) in [7, 11) is 0. The summed E-state index contributed by atoms with van der Waals surface area (Å²) >= 11 is 0. The molecule has 1 fully saturated rings. The van der Waals surface area contributed by atoms with Crippen molar-refractivity contribution < 1.29 is 0 Å². The third-order valence-electron chi connectivity index (χ3n) is 3.85. The average molecular weight is 232 g/mol. The van der Waals surface area contributed by atoms with E-state index >= 15 is 0 Å². The highest BCUT2D eigenvalue weighted by Crippen LogP contribution is 2.40.